The van der Waals surface area contributed by atoms with Gasteiger partial charge in [-0.1, -0.05) is 30.3 Å². The fourth-order valence-electron chi connectivity index (χ4n) is 2.68. The first kappa shape index (κ1) is 12.8. The molecule has 0 heterocycles. The molecule has 0 spiro atoms. The minimum Gasteiger partial charge on any atom is -0.493 e. The van der Waals surface area contributed by atoms with Gasteiger partial charge in [0, 0.05) is 11.3 Å². The number of halogens is 1. The summed E-state index contributed by atoms with van der Waals surface area (Å²) in [5, 5.41) is 12.3. The molecule has 100 valence electrons. The van der Waals surface area contributed by atoms with Crippen molar-refractivity contribution < 1.29 is 9.84 Å². The molecule has 2 aromatic carbocycles. The molecule has 3 heteroatoms. The Hall–Kier alpha value is -1.25. The molecule has 0 saturated heterocycles. The first-order chi connectivity index (χ1) is 9.22. The molecule has 0 amide bonds. The number of benzene rings is 2. The van der Waals surface area contributed by atoms with Gasteiger partial charge in [-0.3, -0.25) is 0 Å². The van der Waals surface area contributed by atoms with E-state index in [4.69, 9.17) is 16.3 Å². The topological polar surface area (TPSA) is 29.5 Å². The monoisotopic (exact) mass is 276 g/mol. The van der Waals surface area contributed by atoms with Crippen LogP contribution in [-0.4, -0.2) is 23.2 Å². The summed E-state index contributed by atoms with van der Waals surface area (Å²) in [7, 11) is 0. The molecule has 0 bridgehead atoms. The zero-order chi connectivity index (χ0) is 13.2. The van der Waals surface area contributed by atoms with Crippen LogP contribution in [0.15, 0.2) is 42.5 Å². The zero-order valence-electron chi connectivity index (χ0n) is 10.6. The van der Waals surface area contributed by atoms with Crippen LogP contribution in [0.1, 0.15) is 12.8 Å². The Labute approximate surface area is 118 Å². The molecular weight excluding hydrogens is 260 g/mol. The van der Waals surface area contributed by atoms with Gasteiger partial charge in [0.2, 0.25) is 0 Å². The van der Waals surface area contributed by atoms with Gasteiger partial charge in [0.1, 0.15) is 5.75 Å². The van der Waals surface area contributed by atoms with E-state index in [1.807, 2.05) is 24.3 Å². The molecule has 1 aliphatic carbocycles. The molecule has 0 aliphatic heterocycles. The highest BCUT2D eigenvalue weighted by Crippen LogP contribution is 2.31. The second-order valence-electron chi connectivity index (χ2n) is 5.22. The maximum atomic E-state index is 9.84. The Morgan fingerprint density at radius 3 is 2.63 bits per heavy atom. The quantitative estimate of drug-likeness (QED) is 0.868. The first-order valence-corrected chi connectivity index (χ1v) is 7.10. The van der Waals surface area contributed by atoms with Gasteiger partial charge in [0.05, 0.1) is 12.7 Å². The van der Waals surface area contributed by atoms with E-state index < -0.39 is 0 Å². The van der Waals surface area contributed by atoms with Crippen molar-refractivity contribution in [2.24, 2.45) is 5.92 Å². The van der Waals surface area contributed by atoms with Crippen molar-refractivity contribution in [3.8, 4) is 5.75 Å². The molecule has 0 unspecified atom stereocenters. The Bertz CT molecular complexity index is 569. The summed E-state index contributed by atoms with van der Waals surface area (Å²) in [5.41, 5.74) is 0. The summed E-state index contributed by atoms with van der Waals surface area (Å²) < 4.78 is 5.80. The van der Waals surface area contributed by atoms with Crippen LogP contribution in [0.25, 0.3) is 10.8 Å². The predicted octanol–water partition coefficient (Wildman–Crippen LogP) is 3.60. The summed E-state index contributed by atoms with van der Waals surface area (Å²) in [6, 6.07) is 14.3. The maximum Gasteiger partial charge on any atom is 0.119 e. The number of alkyl halides is 1. The minimum absolute atomic E-state index is 0.0835. The summed E-state index contributed by atoms with van der Waals surface area (Å²) in [5.74, 6) is 0.998. The molecule has 0 aromatic heterocycles. The lowest BCUT2D eigenvalue weighted by atomic mass is 10.1. The van der Waals surface area contributed by atoms with Crippen molar-refractivity contribution in [3.63, 3.8) is 0 Å². The third-order valence-corrected chi connectivity index (χ3v) is 4.14. The van der Waals surface area contributed by atoms with Crippen molar-refractivity contribution in [1.29, 1.82) is 0 Å². The number of rotatable bonds is 3. The van der Waals surface area contributed by atoms with E-state index in [1.54, 1.807) is 0 Å². The van der Waals surface area contributed by atoms with E-state index in [0.717, 1.165) is 12.2 Å². The first-order valence-electron chi connectivity index (χ1n) is 6.66. The molecule has 1 aliphatic rings. The smallest absolute Gasteiger partial charge is 0.119 e. The number of fused-ring (bicyclic) bond motifs is 1. The molecule has 2 nitrogen and oxygen atoms in total. The lowest BCUT2D eigenvalue weighted by Gasteiger charge is -2.15. The van der Waals surface area contributed by atoms with Crippen LogP contribution < -0.4 is 4.74 Å². The second-order valence-corrected chi connectivity index (χ2v) is 5.83. The molecular formula is C16H17ClO2. The van der Waals surface area contributed by atoms with Crippen LogP contribution in [0, 0.1) is 5.92 Å². The summed E-state index contributed by atoms with van der Waals surface area (Å²) >= 11 is 6.05. The van der Waals surface area contributed by atoms with Crippen LogP contribution in [0.3, 0.4) is 0 Å². The van der Waals surface area contributed by atoms with Gasteiger partial charge in [-0.05, 0) is 35.7 Å². The van der Waals surface area contributed by atoms with Gasteiger partial charge in [-0.15, -0.1) is 11.6 Å². The molecule has 0 radical (unpaired) electrons. The van der Waals surface area contributed by atoms with Crippen molar-refractivity contribution in [2.75, 3.05) is 6.61 Å². The van der Waals surface area contributed by atoms with Crippen molar-refractivity contribution in [3.05, 3.63) is 42.5 Å². The van der Waals surface area contributed by atoms with E-state index >= 15 is 0 Å². The SMILES string of the molecule is O[C@@H]1C[C@@H](Cl)C[C@H]1COc1ccc2ccccc2c1. The highest BCUT2D eigenvalue weighted by molar-refractivity contribution is 6.20. The molecule has 19 heavy (non-hydrogen) atoms. The number of aliphatic hydroxyl groups is 1. The molecule has 1 saturated carbocycles. The van der Waals surface area contributed by atoms with E-state index in [0.29, 0.717) is 13.0 Å². The summed E-state index contributed by atoms with van der Waals surface area (Å²) in [6.45, 7) is 0.530. The van der Waals surface area contributed by atoms with Crippen molar-refractivity contribution in [1.82, 2.24) is 0 Å². The molecule has 3 atom stereocenters. The minimum atomic E-state index is -0.331. The Balaban J connectivity index is 1.68. The third-order valence-electron chi connectivity index (χ3n) is 3.78. The van der Waals surface area contributed by atoms with Gasteiger partial charge in [-0.25, -0.2) is 0 Å². The average Bonchev–Trinajstić information content (AvgIpc) is 2.74. The normalized spacial score (nSPS) is 26.7. The van der Waals surface area contributed by atoms with Gasteiger partial charge >= 0.3 is 0 Å². The van der Waals surface area contributed by atoms with Crippen LogP contribution in [0.4, 0.5) is 0 Å². The highest BCUT2D eigenvalue weighted by Gasteiger charge is 2.32. The lowest BCUT2D eigenvalue weighted by molar-refractivity contribution is 0.0986. The van der Waals surface area contributed by atoms with E-state index in [-0.39, 0.29) is 17.4 Å². The molecule has 1 fully saturated rings. The number of aliphatic hydroxyl groups excluding tert-OH is 1. The number of hydrogen-bond acceptors (Lipinski definition) is 2. The Kier molecular flexibility index (Phi) is 3.63. The van der Waals surface area contributed by atoms with Gasteiger partial charge in [0.25, 0.3) is 0 Å². The second kappa shape index (κ2) is 5.40. The van der Waals surface area contributed by atoms with E-state index in [2.05, 4.69) is 18.2 Å². The van der Waals surface area contributed by atoms with Gasteiger partial charge in [0.15, 0.2) is 0 Å². The standard InChI is InChI=1S/C16H17ClO2/c17-14-7-13(16(18)9-14)10-19-15-6-5-11-3-1-2-4-12(11)8-15/h1-6,8,13-14,16,18H,7,9-10H2/t13-,14-,16+/m0/s1. The number of ether oxygens (including phenoxy) is 1. The fraction of sp³-hybridized carbons (Fsp3) is 0.375. The summed E-state index contributed by atoms with van der Waals surface area (Å²) in [6.07, 6.45) is 1.17. The van der Waals surface area contributed by atoms with E-state index in [9.17, 15) is 5.11 Å². The maximum absolute atomic E-state index is 9.84. The van der Waals surface area contributed by atoms with Crippen LogP contribution in [0.2, 0.25) is 0 Å². The zero-order valence-corrected chi connectivity index (χ0v) is 11.4. The van der Waals surface area contributed by atoms with Crippen LogP contribution in [0.5, 0.6) is 5.75 Å². The Morgan fingerprint density at radius 1 is 1.11 bits per heavy atom. The fourth-order valence-corrected chi connectivity index (χ4v) is 3.09. The average molecular weight is 277 g/mol. The van der Waals surface area contributed by atoms with Crippen molar-refractivity contribution in [2.45, 2.75) is 24.3 Å². The third kappa shape index (κ3) is 2.85. The van der Waals surface area contributed by atoms with Crippen LogP contribution >= 0.6 is 11.6 Å². The largest absolute Gasteiger partial charge is 0.493 e. The predicted molar refractivity (Wildman–Crippen MR) is 77.8 cm³/mol. The van der Waals surface area contributed by atoms with Gasteiger partial charge in [-0.2, -0.15) is 0 Å². The summed E-state index contributed by atoms with van der Waals surface area (Å²) in [4.78, 5) is 0. The van der Waals surface area contributed by atoms with Crippen LogP contribution in [-0.2, 0) is 0 Å². The molecule has 1 N–H and O–H groups in total. The molecule has 2 aromatic rings. The number of hydrogen-bond donors (Lipinski definition) is 1. The molecule has 3 rings (SSSR count). The van der Waals surface area contributed by atoms with Crippen molar-refractivity contribution >= 4 is 22.4 Å². The lowest BCUT2D eigenvalue weighted by Crippen LogP contribution is -2.20. The van der Waals surface area contributed by atoms with Gasteiger partial charge < -0.3 is 9.84 Å². The Morgan fingerprint density at radius 2 is 1.89 bits per heavy atom. The highest BCUT2D eigenvalue weighted by atomic mass is 35.5. The van der Waals surface area contributed by atoms with E-state index in [1.165, 1.54) is 10.8 Å².